The average Bonchev–Trinajstić information content (AvgIpc) is 2.16. The van der Waals surface area contributed by atoms with Gasteiger partial charge in [-0.15, -0.1) is 0 Å². The van der Waals surface area contributed by atoms with Crippen molar-refractivity contribution in [2.75, 3.05) is 0 Å². The first-order valence-electron chi connectivity index (χ1n) is 4.39. The largest absolute Gasteiger partial charge is 0.265 e. The SMILES string of the molecule is CCC1C=C([N+](=O)[O-])C=C(C(F)F)C1. The molecule has 0 aromatic rings. The predicted molar refractivity (Wildman–Crippen MR) is 47.6 cm³/mol. The highest BCUT2D eigenvalue weighted by atomic mass is 19.3. The molecule has 14 heavy (non-hydrogen) atoms. The lowest BCUT2D eigenvalue weighted by Gasteiger charge is -2.16. The molecule has 0 amide bonds. The summed E-state index contributed by atoms with van der Waals surface area (Å²) >= 11 is 0. The highest BCUT2D eigenvalue weighted by molar-refractivity contribution is 5.25. The van der Waals surface area contributed by atoms with Crippen LogP contribution in [0, 0.1) is 16.0 Å². The zero-order chi connectivity index (χ0) is 10.7. The van der Waals surface area contributed by atoms with Gasteiger partial charge in [-0.05, 0) is 24.8 Å². The number of nitrogens with zero attached hydrogens (tertiary/aromatic N) is 1. The van der Waals surface area contributed by atoms with E-state index in [0.29, 0.717) is 6.42 Å². The summed E-state index contributed by atoms with van der Waals surface area (Å²) in [5, 5.41) is 10.4. The van der Waals surface area contributed by atoms with Gasteiger partial charge in [0.15, 0.2) is 0 Å². The summed E-state index contributed by atoms with van der Waals surface area (Å²) in [5.74, 6) is -0.135. The minimum Gasteiger partial charge on any atom is -0.258 e. The predicted octanol–water partition coefficient (Wildman–Crippen LogP) is 2.77. The molecule has 1 unspecified atom stereocenters. The second-order valence-electron chi connectivity index (χ2n) is 3.24. The van der Waals surface area contributed by atoms with Gasteiger partial charge in [0.2, 0.25) is 0 Å². The van der Waals surface area contributed by atoms with Gasteiger partial charge >= 0.3 is 0 Å². The number of rotatable bonds is 3. The Morgan fingerprint density at radius 2 is 2.36 bits per heavy atom. The average molecular weight is 203 g/mol. The van der Waals surface area contributed by atoms with Crippen molar-refractivity contribution in [2.45, 2.75) is 26.2 Å². The van der Waals surface area contributed by atoms with Gasteiger partial charge in [0.05, 0.1) is 4.92 Å². The fraction of sp³-hybridized carbons (Fsp3) is 0.556. The van der Waals surface area contributed by atoms with Crippen molar-refractivity contribution >= 4 is 0 Å². The number of alkyl halides is 2. The van der Waals surface area contributed by atoms with Gasteiger partial charge in [0.1, 0.15) is 0 Å². The molecule has 0 saturated heterocycles. The highest BCUT2D eigenvalue weighted by Crippen LogP contribution is 2.28. The fourth-order valence-corrected chi connectivity index (χ4v) is 1.43. The molecule has 3 nitrogen and oxygen atoms in total. The first kappa shape index (κ1) is 10.8. The Kier molecular flexibility index (Phi) is 3.33. The Labute approximate surface area is 80.3 Å². The van der Waals surface area contributed by atoms with Gasteiger partial charge < -0.3 is 0 Å². The fourth-order valence-electron chi connectivity index (χ4n) is 1.43. The molecule has 0 aromatic carbocycles. The summed E-state index contributed by atoms with van der Waals surface area (Å²) < 4.78 is 24.7. The molecule has 0 bridgehead atoms. The topological polar surface area (TPSA) is 43.1 Å². The normalized spacial score (nSPS) is 21.9. The lowest BCUT2D eigenvalue weighted by atomic mass is 9.91. The minimum atomic E-state index is -2.59. The number of hydrogen-bond donors (Lipinski definition) is 0. The first-order valence-corrected chi connectivity index (χ1v) is 4.39. The Morgan fingerprint density at radius 3 is 2.79 bits per heavy atom. The van der Waals surface area contributed by atoms with E-state index in [1.807, 2.05) is 6.92 Å². The van der Waals surface area contributed by atoms with Crippen molar-refractivity contribution in [3.8, 4) is 0 Å². The van der Waals surface area contributed by atoms with Crippen LogP contribution in [0.1, 0.15) is 19.8 Å². The van der Waals surface area contributed by atoms with Crippen molar-refractivity contribution < 1.29 is 13.7 Å². The molecule has 5 heteroatoms. The summed E-state index contributed by atoms with van der Waals surface area (Å²) in [7, 11) is 0. The molecule has 1 aliphatic rings. The van der Waals surface area contributed by atoms with Crippen molar-refractivity contribution in [3.05, 3.63) is 33.5 Å². The van der Waals surface area contributed by atoms with Crippen LogP contribution >= 0.6 is 0 Å². The van der Waals surface area contributed by atoms with E-state index in [9.17, 15) is 18.9 Å². The molecule has 0 aliphatic heterocycles. The Bertz CT molecular complexity index is 297. The molecule has 1 aliphatic carbocycles. The van der Waals surface area contributed by atoms with Crippen LogP contribution in [0.2, 0.25) is 0 Å². The molecule has 0 fully saturated rings. The van der Waals surface area contributed by atoms with Gasteiger partial charge in [-0.2, -0.15) is 0 Å². The number of nitro groups is 1. The molecule has 0 spiro atoms. The van der Waals surface area contributed by atoms with Gasteiger partial charge in [0, 0.05) is 11.6 Å². The van der Waals surface area contributed by atoms with Crippen LogP contribution in [-0.2, 0) is 0 Å². The standard InChI is InChI=1S/C9H11F2NO2/c1-2-6-3-7(9(10)11)5-8(4-6)12(13)14/h4-6,9H,2-3H2,1H3. The molecule has 0 N–H and O–H groups in total. The quantitative estimate of drug-likeness (QED) is 0.522. The Hall–Kier alpha value is -1.26. The molecule has 1 rings (SSSR count). The van der Waals surface area contributed by atoms with Gasteiger partial charge in [0.25, 0.3) is 12.1 Å². The van der Waals surface area contributed by atoms with E-state index in [1.54, 1.807) is 0 Å². The van der Waals surface area contributed by atoms with Gasteiger partial charge in [-0.3, -0.25) is 10.1 Å². The van der Waals surface area contributed by atoms with Crippen LogP contribution in [0.3, 0.4) is 0 Å². The lowest BCUT2D eigenvalue weighted by Crippen LogP contribution is -2.12. The highest BCUT2D eigenvalue weighted by Gasteiger charge is 2.24. The van der Waals surface area contributed by atoms with Gasteiger partial charge in [-0.1, -0.05) is 6.92 Å². The Morgan fingerprint density at radius 1 is 1.71 bits per heavy atom. The second-order valence-corrected chi connectivity index (χ2v) is 3.24. The van der Waals surface area contributed by atoms with Crippen LogP contribution in [0.25, 0.3) is 0 Å². The van der Waals surface area contributed by atoms with Crippen LogP contribution in [0.4, 0.5) is 8.78 Å². The van der Waals surface area contributed by atoms with Crippen LogP contribution in [-0.4, -0.2) is 11.3 Å². The third-order valence-electron chi connectivity index (χ3n) is 2.25. The maximum Gasteiger partial charge on any atom is 0.265 e. The summed E-state index contributed by atoms with van der Waals surface area (Å²) in [4.78, 5) is 9.81. The molecule has 0 heterocycles. The van der Waals surface area contributed by atoms with E-state index in [0.717, 1.165) is 6.08 Å². The van der Waals surface area contributed by atoms with E-state index in [-0.39, 0.29) is 23.6 Å². The zero-order valence-electron chi connectivity index (χ0n) is 7.74. The van der Waals surface area contributed by atoms with Gasteiger partial charge in [-0.25, -0.2) is 8.78 Å². The van der Waals surface area contributed by atoms with Crippen molar-refractivity contribution in [1.29, 1.82) is 0 Å². The maximum absolute atomic E-state index is 12.3. The van der Waals surface area contributed by atoms with E-state index >= 15 is 0 Å². The number of halogens is 2. The molecule has 1 atom stereocenters. The molecular weight excluding hydrogens is 192 g/mol. The molecular formula is C9H11F2NO2. The first-order chi connectivity index (χ1) is 6.54. The smallest absolute Gasteiger partial charge is 0.258 e. The number of allylic oxidation sites excluding steroid dienone is 3. The second kappa shape index (κ2) is 4.30. The number of hydrogen-bond acceptors (Lipinski definition) is 2. The summed E-state index contributed by atoms with van der Waals surface area (Å²) in [6.45, 7) is 1.83. The summed E-state index contributed by atoms with van der Waals surface area (Å²) in [5.41, 5.74) is -0.343. The maximum atomic E-state index is 12.3. The van der Waals surface area contributed by atoms with E-state index in [4.69, 9.17) is 0 Å². The van der Waals surface area contributed by atoms with Crippen molar-refractivity contribution in [2.24, 2.45) is 5.92 Å². The molecule has 0 radical (unpaired) electrons. The monoisotopic (exact) mass is 203 g/mol. The third kappa shape index (κ3) is 2.37. The summed E-state index contributed by atoms with van der Waals surface area (Å²) in [6.07, 6.45) is 0.711. The van der Waals surface area contributed by atoms with E-state index in [1.165, 1.54) is 6.08 Å². The van der Waals surface area contributed by atoms with Crippen LogP contribution < -0.4 is 0 Å². The molecule has 0 saturated carbocycles. The van der Waals surface area contributed by atoms with Crippen LogP contribution in [0.15, 0.2) is 23.4 Å². The van der Waals surface area contributed by atoms with Crippen LogP contribution in [0.5, 0.6) is 0 Å². The lowest BCUT2D eigenvalue weighted by molar-refractivity contribution is -0.420. The molecule has 0 aromatic heterocycles. The van der Waals surface area contributed by atoms with E-state index in [2.05, 4.69) is 0 Å². The van der Waals surface area contributed by atoms with Crippen molar-refractivity contribution in [3.63, 3.8) is 0 Å². The minimum absolute atomic E-state index is 0.133. The van der Waals surface area contributed by atoms with E-state index < -0.39 is 11.3 Å². The van der Waals surface area contributed by atoms with Crippen molar-refractivity contribution in [1.82, 2.24) is 0 Å². The Balaban J connectivity index is 2.92. The summed E-state index contributed by atoms with van der Waals surface area (Å²) in [6, 6.07) is 0. The third-order valence-corrected chi connectivity index (χ3v) is 2.25. The molecule has 78 valence electrons. The zero-order valence-corrected chi connectivity index (χ0v) is 7.74.